The van der Waals surface area contributed by atoms with Gasteiger partial charge in [0.25, 0.3) is 5.56 Å². The van der Waals surface area contributed by atoms with Gasteiger partial charge in [0.1, 0.15) is 12.4 Å². The largest absolute Gasteiger partial charge is 0.493 e. The van der Waals surface area contributed by atoms with E-state index in [2.05, 4.69) is 56.6 Å². The number of nitrogens with zero attached hydrogens (tertiary/aromatic N) is 4. The lowest BCUT2D eigenvalue weighted by molar-refractivity contribution is 0.282. The Labute approximate surface area is 237 Å². The lowest BCUT2D eigenvalue weighted by Crippen LogP contribution is -2.23. The molecule has 188 valence electrons. The molecule has 4 rings (SSSR count). The summed E-state index contributed by atoms with van der Waals surface area (Å²) in [4.78, 5) is 18.1. The highest BCUT2D eigenvalue weighted by Gasteiger charge is 2.16. The minimum absolute atomic E-state index is 0.0413. The molecule has 0 aliphatic heterocycles. The SMILES string of the molecule is CC[C@@H](C)c1nc2ccc(Br)cc2c(=O)n1N=Cc1cc(I)c(OCc2ccccc2C#N)c(OC)c1. The average molecular weight is 671 g/mol. The van der Waals surface area contributed by atoms with Crippen LogP contribution in [0.3, 0.4) is 0 Å². The van der Waals surface area contributed by atoms with Crippen LogP contribution >= 0.6 is 38.5 Å². The van der Waals surface area contributed by atoms with E-state index in [0.717, 1.165) is 25.6 Å². The number of halogens is 2. The maximum atomic E-state index is 13.4. The summed E-state index contributed by atoms with van der Waals surface area (Å²) < 4.78 is 14.6. The lowest BCUT2D eigenvalue weighted by Gasteiger charge is -2.15. The summed E-state index contributed by atoms with van der Waals surface area (Å²) in [6.45, 7) is 4.31. The van der Waals surface area contributed by atoms with Crippen molar-refractivity contribution in [1.29, 1.82) is 5.26 Å². The van der Waals surface area contributed by atoms with Gasteiger partial charge in [0.05, 0.1) is 39.4 Å². The van der Waals surface area contributed by atoms with E-state index in [1.165, 1.54) is 4.68 Å². The van der Waals surface area contributed by atoms with Crippen molar-refractivity contribution in [2.45, 2.75) is 32.8 Å². The topological polar surface area (TPSA) is 89.5 Å². The van der Waals surface area contributed by atoms with Gasteiger partial charge >= 0.3 is 0 Å². The molecule has 4 aromatic rings. The van der Waals surface area contributed by atoms with Crippen LogP contribution in [-0.4, -0.2) is 23.0 Å². The third-order valence-electron chi connectivity index (χ3n) is 5.97. The van der Waals surface area contributed by atoms with Gasteiger partial charge < -0.3 is 9.47 Å². The third-order valence-corrected chi connectivity index (χ3v) is 7.26. The summed E-state index contributed by atoms with van der Waals surface area (Å²) >= 11 is 5.61. The monoisotopic (exact) mass is 670 g/mol. The van der Waals surface area contributed by atoms with Gasteiger partial charge in [0.2, 0.25) is 0 Å². The number of nitriles is 1. The number of hydrogen-bond donors (Lipinski definition) is 0. The third kappa shape index (κ3) is 5.86. The zero-order valence-electron chi connectivity index (χ0n) is 20.5. The Morgan fingerprint density at radius 2 is 2.03 bits per heavy atom. The maximum Gasteiger partial charge on any atom is 0.282 e. The van der Waals surface area contributed by atoms with Crippen molar-refractivity contribution in [3.63, 3.8) is 0 Å². The molecular formula is C28H24BrIN4O3. The highest BCUT2D eigenvalue weighted by Crippen LogP contribution is 2.34. The maximum absolute atomic E-state index is 13.4. The van der Waals surface area contributed by atoms with Crippen molar-refractivity contribution in [3.05, 3.63) is 95.5 Å². The minimum atomic E-state index is -0.226. The van der Waals surface area contributed by atoms with Gasteiger partial charge in [-0.3, -0.25) is 4.79 Å². The second-order valence-corrected chi connectivity index (χ2v) is 10.5. The number of ether oxygens (including phenoxy) is 2. The first kappa shape index (κ1) is 26.8. The van der Waals surface area contributed by atoms with Crippen LogP contribution in [0.2, 0.25) is 0 Å². The smallest absolute Gasteiger partial charge is 0.282 e. The van der Waals surface area contributed by atoms with Crippen LogP contribution < -0.4 is 15.0 Å². The summed E-state index contributed by atoms with van der Waals surface area (Å²) in [7, 11) is 1.57. The standard InChI is InChI=1S/C28H24BrIN4O3/c1-4-17(2)27-33-24-10-9-21(29)13-22(24)28(35)34(27)32-15-18-11-23(30)26(25(12-18)36-3)37-16-20-8-6-5-7-19(20)14-31/h5-13,15,17H,4,16H2,1-3H3/t17-/m1/s1. The van der Waals surface area contributed by atoms with E-state index in [0.29, 0.717) is 33.8 Å². The predicted octanol–water partition coefficient (Wildman–Crippen LogP) is 6.62. The first-order chi connectivity index (χ1) is 17.9. The highest BCUT2D eigenvalue weighted by atomic mass is 127. The molecule has 0 aliphatic carbocycles. The van der Waals surface area contributed by atoms with Crippen molar-refractivity contribution in [1.82, 2.24) is 9.66 Å². The summed E-state index contributed by atoms with van der Waals surface area (Å²) in [6.07, 6.45) is 2.44. The first-order valence-electron chi connectivity index (χ1n) is 11.6. The molecule has 0 unspecified atom stereocenters. The van der Waals surface area contributed by atoms with E-state index in [1.54, 1.807) is 31.5 Å². The van der Waals surface area contributed by atoms with Crippen molar-refractivity contribution < 1.29 is 9.47 Å². The summed E-state index contributed by atoms with van der Waals surface area (Å²) in [5, 5.41) is 14.4. The molecule has 0 aliphatic rings. The van der Waals surface area contributed by atoms with Crippen LogP contribution in [0.4, 0.5) is 0 Å². The number of fused-ring (bicyclic) bond motifs is 1. The Bertz CT molecular complexity index is 1590. The molecule has 0 N–H and O–H groups in total. The molecular weight excluding hydrogens is 647 g/mol. The normalized spacial score (nSPS) is 12.0. The molecule has 0 fully saturated rings. The van der Waals surface area contributed by atoms with E-state index in [4.69, 9.17) is 14.5 Å². The van der Waals surface area contributed by atoms with Crippen LogP contribution in [0.15, 0.2) is 69.0 Å². The number of aromatic nitrogens is 2. The van der Waals surface area contributed by atoms with E-state index in [1.807, 2.05) is 43.3 Å². The zero-order valence-corrected chi connectivity index (χ0v) is 24.3. The van der Waals surface area contributed by atoms with E-state index < -0.39 is 0 Å². The second kappa shape index (κ2) is 11.9. The number of methoxy groups -OCH3 is 1. The summed E-state index contributed by atoms with van der Waals surface area (Å²) in [6, 6.07) is 18.7. The fourth-order valence-electron chi connectivity index (χ4n) is 3.76. The van der Waals surface area contributed by atoms with E-state index in [-0.39, 0.29) is 18.1 Å². The molecule has 0 radical (unpaired) electrons. The molecule has 37 heavy (non-hydrogen) atoms. The molecule has 1 atom stereocenters. The predicted molar refractivity (Wildman–Crippen MR) is 157 cm³/mol. The fourth-order valence-corrected chi connectivity index (χ4v) is 4.91. The van der Waals surface area contributed by atoms with Crippen molar-refractivity contribution >= 4 is 55.6 Å². The van der Waals surface area contributed by atoms with Crippen LogP contribution in [0.5, 0.6) is 11.5 Å². The van der Waals surface area contributed by atoms with Crippen molar-refractivity contribution in [2.75, 3.05) is 7.11 Å². The van der Waals surface area contributed by atoms with Gasteiger partial charge in [-0.1, -0.05) is 48.0 Å². The van der Waals surface area contributed by atoms with Crippen molar-refractivity contribution in [3.8, 4) is 17.6 Å². The molecule has 0 saturated carbocycles. The number of rotatable bonds is 8. The molecule has 0 spiro atoms. The molecule has 0 bridgehead atoms. The molecule has 1 heterocycles. The molecule has 9 heteroatoms. The minimum Gasteiger partial charge on any atom is -0.493 e. The molecule has 0 saturated heterocycles. The Hall–Kier alpha value is -3.23. The quantitative estimate of drug-likeness (QED) is 0.155. The van der Waals surface area contributed by atoms with E-state index in [9.17, 15) is 10.1 Å². The summed E-state index contributed by atoms with van der Waals surface area (Å²) in [5.41, 5.74) is 2.52. The fraction of sp³-hybridized carbons (Fsp3) is 0.214. The Morgan fingerprint density at radius 3 is 2.76 bits per heavy atom. The molecule has 0 amide bonds. The van der Waals surface area contributed by atoms with Gasteiger partial charge in [-0.15, -0.1) is 0 Å². The van der Waals surface area contributed by atoms with Crippen LogP contribution in [0.1, 0.15) is 48.7 Å². The van der Waals surface area contributed by atoms with Gasteiger partial charge in [-0.2, -0.15) is 15.0 Å². The summed E-state index contributed by atoms with van der Waals surface area (Å²) in [5.74, 6) is 1.75. The Balaban J connectivity index is 1.70. The zero-order chi connectivity index (χ0) is 26.5. The lowest BCUT2D eigenvalue weighted by atomic mass is 10.1. The van der Waals surface area contributed by atoms with Gasteiger partial charge in [0, 0.05) is 16.0 Å². The molecule has 1 aromatic heterocycles. The van der Waals surface area contributed by atoms with Crippen LogP contribution in [-0.2, 0) is 6.61 Å². The van der Waals surface area contributed by atoms with E-state index >= 15 is 0 Å². The molecule has 7 nitrogen and oxygen atoms in total. The van der Waals surface area contributed by atoms with Crippen molar-refractivity contribution in [2.24, 2.45) is 5.10 Å². The Morgan fingerprint density at radius 1 is 1.24 bits per heavy atom. The van der Waals surface area contributed by atoms with Crippen LogP contribution in [0, 0.1) is 14.9 Å². The average Bonchev–Trinajstić information content (AvgIpc) is 2.91. The number of hydrogen-bond acceptors (Lipinski definition) is 6. The van der Waals surface area contributed by atoms with Gasteiger partial charge in [-0.05, 0) is 71.0 Å². The van der Waals surface area contributed by atoms with Crippen LogP contribution in [0.25, 0.3) is 10.9 Å². The van der Waals surface area contributed by atoms with Gasteiger partial charge in [0.15, 0.2) is 11.5 Å². The van der Waals surface area contributed by atoms with Gasteiger partial charge in [-0.25, -0.2) is 4.98 Å². The second-order valence-electron chi connectivity index (χ2n) is 8.39. The first-order valence-corrected chi connectivity index (χ1v) is 13.5. The highest BCUT2D eigenvalue weighted by molar-refractivity contribution is 14.1. The molecule has 3 aromatic carbocycles. The number of benzene rings is 3. The Kier molecular flexibility index (Phi) is 8.61.